The van der Waals surface area contributed by atoms with Gasteiger partial charge in [0.25, 0.3) is 0 Å². The summed E-state index contributed by atoms with van der Waals surface area (Å²) in [5, 5.41) is 11.1. The highest BCUT2D eigenvalue weighted by Crippen LogP contribution is 2.31. The average molecular weight is 592 g/mol. The minimum atomic E-state index is -4.45. The number of hydrogen-bond acceptors (Lipinski definition) is 7. The molecule has 3 heterocycles. The molecule has 2 aromatic heterocycles. The van der Waals surface area contributed by atoms with Gasteiger partial charge < -0.3 is 16.0 Å². The number of alkyl halides is 6. The van der Waals surface area contributed by atoms with Crippen LogP contribution in [0.15, 0.2) is 67.8 Å². The zero-order chi connectivity index (χ0) is 31.2. The lowest BCUT2D eigenvalue weighted by Crippen LogP contribution is -2.38. The summed E-state index contributed by atoms with van der Waals surface area (Å²) in [7, 11) is 0. The summed E-state index contributed by atoms with van der Waals surface area (Å²) in [6.45, 7) is 11.6. The molecule has 0 aliphatic carbocycles. The Morgan fingerprint density at radius 2 is 1.67 bits per heavy atom. The Morgan fingerprint density at radius 3 is 2.24 bits per heavy atom. The maximum Gasteiger partial charge on any atom is 0.430 e. The van der Waals surface area contributed by atoms with Crippen LogP contribution >= 0.6 is 0 Å². The van der Waals surface area contributed by atoms with Gasteiger partial charge in [-0.15, -0.1) is 0 Å². The third-order valence-electron chi connectivity index (χ3n) is 6.57. The molecule has 1 saturated heterocycles. The van der Waals surface area contributed by atoms with Crippen molar-refractivity contribution in [2.75, 3.05) is 24.1 Å². The molecule has 0 amide bonds. The number of pyridine rings is 1. The summed E-state index contributed by atoms with van der Waals surface area (Å²) >= 11 is 0. The molecule has 42 heavy (non-hydrogen) atoms. The molecule has 224 valence electrons. The highest BCUT2D eigenvalue weighted by Gasteiger charge is 2.37. The quantitative estimate of drug-likeness (QED) is 0.209. The van der Waals surface area contributed by atoms with E-state index >= 15 is 0 Å². The number of allylic oxidation sites excluding steroid dienone is 1. The van der Waals surface area contributed by atoms with Crippen LogP contribution in [0.2, 0.25) is 0 Å². The molecule has 0 bridgehead atoms. The van der Waals surface area contributed by atoms with Crippen molar-refractivity contribution >= 4 is 23.0 Å². The molecular formula is C29H31F6N7. The minimum Gasteiger partial charge on any atom is -0.383 e. The Kier molecular flexibility index (Phi) is 9.97. The zero-order valence-corrected chi connectivity index (χ0v) is 23.1. The Morgan fingerprint density at radius 1 is 1.02 bits per heavy atom. The van der Waals surface area contributed by atoms with E-state index in [4.69, 9.17) is 11.1 Å². The summed E-state index contributed by atoms with van der Waals surface area (Å²) < 4.78 is 75.1. The van der Waals surface area contributed by atoms with E-state index in [9.17, 15) is 26.3 Å². The number of nitrogen functional groups attached to an aromatic ring is 1. The Balaban J connectivity index is 0.000000312. The van der Waals surface area contributed by atoms with Crippen molar-refractivity contribution in [3.8, 4) is 0 Å². The molecule has 1 atom stereocenters. The predicted octanol–water partition coefficient (Wildman–Crippen LogP) is 7.07. The van der Waals surface area contributed by atoms with Gasteiger partial charge in [-0.25, -0.2) is 15.0 Å². The summed E-state index contributed by atoms with van der Waals surface area (Å²) in [5.41, 5.74) is 7.17. The number of piperidine rings is 1. The van der Waals surface area contributed by atoms with E-state index in [0.29, 0.717) is 47.1 Å². The van der Waals surface area contributed by atoms with Crippen LogP contribution < -0.4 is 11.1 Å². The number of hydrogen-bond donors (Lipinski definition) is 3. The molecule has 4 rings (SSSR count). The number of rotatable bonds is 6. The average Bonchev–Trinajstić information content (AvgIpc) is 2.92. The van der Waals surface area contributed by atoms with Crippen molar-refractivity contribution in [2.24, 2.45) is 5.92 Å². The number of halogens is 6. The molecule has 13 heteroatoms. The second kappa shape index (κ2) is 13.0. The lowest BCUT2D eigenvalue weighted by Gasteiger charge is -2.34. The number of aromatic nitrogens is 3. The number of benzene rings is 1. The minimum absolute atomic E-state index is 0.0338. The lowest BCUT2D eigenvalue weighted by atomic mass is 10.00. The van der Waals surface area contributed by atoms with Crippen LogP contribution in [-0.4, -0.2) is 44.8 Å². The smallest absolute Gasteiger partial charge is 0.383 e. The molecule has 4 N–H and O–H groups in total. The van der Waals surface area contributed by atoms with Crippen LogP contribution in [0, 0.1) is 18.3 Å². The van der Waals surface area contributed by atoms with E-state index in [1.54, 1.807) is 31.2 Å². The molecule has 7 nitrogen and oxygen atoms in total. The fourth-order valence-corrected chi connectivity index (χ4v) is 4.30. The second-order valence-corrected chi connectivity index (χ2v) is 9.84. The topological polar surface area (TPSA) is 104 Å². The largest absolute Gasteiger partial charge is 0.430 e. The van der Waals surface area contributed by atoms with Gasteiger partial charge in [0.05, 0.1) is 22.5 Å². The van der Waals surface area contributed by atoms with Crippen LogP contribution in [0.25, 0.3) is 5.70 Å². The highest BCUT2D eigenvalue weighted by molar-refractivity contribution is 6.14. The maximum atomic E-state index is 12.8. The number of nitrogens with zero attached hydrogens (tertiary/aromatic N) is 4. The van der Waals surface area contributed by atoms with Gasteiger partial charge in [-0.3, -0.25) is 5.41 Å². The van der Waals surface area contributed by atoms with Gasteiger partial charge in [0, 0.05) is 30.5 Å². The van der Waals surface area contributed by atoms with Crippen molar-refractivity contribution in [1.82, 2.24) is 19.9 Å². The number of nitrogens with two attached hydrogens (primary N) is 1. The normalized spacial score (nSPS) is 15.3. The molecule has 1 aliphatic heterocycles. The Labute approximate surface area is 239 Å². The van der Waals surface area contributed by atoms with E-state index in [0.717, 1.165) is 31.2 Å². The molecule has 0 radical (unpaired) electrons. The predicted molar refractivity (Wildman–Crippen MR) is 151 cm³/mol. The van der Waals surface area contributed by atoms with E-state index in [1.807, 2.05) is 6.92 Å². The van der Waals surface area contributed by atoms with Gasteiger partial charge in [-0.1, -0.05) is 44.3 Å². The lowest BCUT2D eigenvalue weighted by molar-refractivity contribution is -0.137. The summed E-state index contributed by atoms with van der Waals surface area (Å²) in [6, 6.07) is 8.59. The standard InChI is InChI=1S/C20H17F3N6.C9H14F3N/c1-11(29-16-9-15(7-8-26-16)20(21,22)23)13-3-5-14(6-4-13)18(24)17-12(2)27-10-28-19(17)25;1-7-4-3-5-13(6-7)8(2)9(10,11)12/h3-10,24H,1H2,2H3,(H,26,29)(H2,25,27,28);7H,2-6H2,1H3. The van der Waals surface area contributed by atoms with Gasteiger partial charge in [0.1, 0.15) is 23.7 Å². The first-order valence-electron chi connectivity index (χ1n) is 12.8. The molecule has 3 aromatic rings. The SMILES string of the molecule is C=C(N1CCCC(C)C1)C(F)(F)F.C=C(Nc1cc(C(F)(F)F)ccn1)c1ccc(C(=N)c2c(C)ncnc2N)cc1. The molecule has 1 fully saturated rings. The van der Waals surface area contributed by atoms with Crippen LogP contribution in [0.4, 0.5) is 38.0 Å². The van der Waals surface area contributed by atoms with Crippen LogP contribution in [0.1, 0.15) is 47.7 Å². The Bertz CT molecular complexity index is 1410. The van der Waals surface area contributed by atoms with Gasteiger partial charge in [0.2, 0.25) is 0 Å². The number of aryl methyl sites for hydroxylation is 1. The van der Waals surface area contributed by atoms with Gasteiger partial charge >= 0.3 is 12.4 Å². The van der Waals surface area contributed by atoms with E-state index in [2.05, 4.69) is 33.4 Å². The third-order valence-corrected chi connectivity index (χ3v) is 6.57. The summed E-state index contributed by atoms with van der Waals surface area (Å²) in [6.07, 6.45) is -4.46. The maximum absolute atomic E-state index is 12.8. The van der Waals surface area contributed by atoms with E-state index in [-0.39, 0.29) is 17.3 Å². The second-order valence-electron chi connectivity index (χ2n) is 9.84. The zero-order valence-electron chi connectivity index (χ0n) is 23.1. The molecular weight excluding hydrogens is 560 g/mol. The van der Waals surface area contributed by atoms with E-state index < -0.39 is 23.6 Å². The van der Waals surface area contributed by atoms with Crippen molar-refractivity contribution in [2.45, 2.75) is 39.0 Å². The molecule has 0 spiro atoms. The molecule has 1 aliphatic rings. The fourth-order valence-electron chi connectivity index (χ4n) is 4.30. The van der Waals surface area contributed by atoms with Crippen LogP contribution in [0.5, 0.6) is 0 Å². The number of likely N-dealkylation sites (tertiary alicyclic amines) is 1. The van der Waals surface area contributed by atoms with Crippen molar-refractivity contribution < 1.29 is 26.3 Å². The van der Waals surface area contributed by atoms with Crippen molar-refractivity contribution in [3.05, 3.63) is 95.7 Å². The Hall–Kier alpha value is -4.42. The summed E-state index contributed by atoms with van der Waals surface area (Å²) in [4.78, 5) is 13.2. The first-order valence-corrected chi connectivity index (χ1v) is 12.8. The van der Waals surface area contributed by atoms with E-state index in [1.165, 1.54) is 11.2 Å². The molecule has 1 aromatic carbocycles. The first kappa shape index (κ1) is 32.1. The fraction of sp³-hybridized carbons (Fsp3) is 0.310. The third kappa shape index (κ3) is 8.30. The first-order chi connectivity index (χ1) is 19.6. The van der Waals surface area contributed by atoms with Gasteiger partial charge in [-0.05, 0) is 43.4 Å². The van der Waals surface area contributed by atoms with Gasteiger partial charge in [-0.2, -0.15) is 26.3 Å². The van der Waals surface area contributed by atoms with Crippen molar-refractivity contribution in [3.63, 3.8) is 0 Å². The molecule has 0 saturated carbocycles. The van der Waals surface area contributed by atoms with Gasteiger partial charge in [0.15, 0.2) is 0 Å². The number of nitrogens with one attached hydrogen (secondary N) is 2. The summed E-state index contributed by atoms with van der Waals surface area (Å²) in [5.74, 6) is 0.590. The highest BCUT2D eigenvalue weighted by atomic mass is 19.4. The van der Waals surface area contributed by atoms with Crippen LogP contribution in [0.3, 0.4) is 0 Å². The van der Waals surface area contributed by atoms with Crippen LogP contribution in [-0.2, 0) is 6.18 Å². The monoisotopic (exact) mass is 591 g/mol. The van der Waals surface area contributed by atoms with Crippen molar-refractivity contribution in [1.29, 1.82) is 5.41 Å². The number of anilines is 2. The molecule has 1 unspecified atom stereocenters.